The van der Waals surface area contributed by atoms with Crippen LogP contribution >= 0.6 is 0 Å². The fourth-order valence-electron chi connectivity index (χ4n) is 2.25. The van der Waals surface area contributed by atoms with Gasteiger partial charge in [0.05, 0.1) is 28.0 Å². The molecule has 0 bridgehead atoms. The third-order valence-electron chi connectivity index (χ3n) is 3.29. The van der Waals surface area contributed by atoms with Gasteiger partial charge in [-0.2, -0.15) is 0 Å². The molecule has 3 rings (SSSR count). The fraction of sp³-hybridized carbons (Fsp3) is 0.154. The summed E-state index contributed by atoms with van der Waals surface area (Å²) in [6.45, 7) is 1.78. The van der Waals surface area contributed by atoms with Crippen LogP contribution in [-0.4, -0.2) is 23.1 Å². The summed E-state index contributed by atoms with van der Waals surface area (Å²) >= 11 is 0. The van der Waals surface area contributed by atoms with Crippen molar-refractivity contribution in [1.82, 2.24) is 14.7 Å². The highest BCUT2D eigenvalue weighted by molar-refractivity contribution is 7.89. The van der Waals surface area contributed by atoms with Crippen LogP contribution in [0.1, 0.15) is 11.5 Å². The lowest BCUT2D eigenvalue weighted by atomic mass is 10.2. The van der Waals surface area contributed by atoms with Crippen molar-refractivity contribution in [3.8, 4) is 0 Å². The number of H-pyrrole nitrogens is 1. The third-order valence-corrected chi connectivity index (χ3v) is 4.20. The molecule has 10 heteroatoms. The van der Waals surface area contributed by atoms with Crippen molar-refractivity contribution < 1.29 is 12.9 Å². The molecule has 0 saturated heterocycles. The number of nitrogens with two attached hydrogens (primary N) is 1. The van der Waals surface area contributed by atoms with E-state index in [2.05, 4.69) is 10.1 Å². The Morgan fingerprint density at radius 2 is 2.04 bits per heavy atom. The predicted molar refractivity (Wildman–Crippen MR) is 80.5 cm³/mol. The number of rotatable bonds is 3. The highest BCUT2D eigenvalue weighted by atomic mass is 32.2. The van der Waals surface area contributed by atoms with Gasteiger partial charge in [0, 0.05) is 6.07 Å². The van der Waals surface area contributed by atoms with Crippen molar-refractivity contribution in [2.45, 2.75) is 18.4 Å². The largest absolute Gasteiger partial charge is 0.359 e. The second kappa shape index (κ2) is 5.18. The Bertz CT molecular complexity index is 1120. The molecular formula is C13H12N4O5S. The van der Waals surface area contributed by atoms with Gasteiger partial charge in [-0.15, -0.1) is 0 Å². The van der Waals surface area contributed by atoms with Gasteiger partial charge in [-0.05, 0) is 25.1 Å². The molecular weight excluding hydrogens is 324 g/mol. The molecule has 2 aromatic heterocycles. The van der Waals surface area contributed by atoms with Gasteiger partial charge in [0.15, 0.2) is 5.76 Å². The van der Waals surface area contributed by atoms with E-state index < -0.39 is 21.3 Å². The number of sulfonamides is 1. The minimum absolute atomic E-state index is 0.0346. The summed E-state index contributed by atoms with van der Waals surface area (Å²) < 4.78 is 29.1. The highest BCUT2D eigenvalue weighted by Gasteiger charge is 2.14. The van der Waals surface area contributed by atoms with Crippen LogP contribution in [0, 0.1) is 6.92 Å². The predicted octanol–water partition coefficient (Wildman–Crippen LogP) is -0.318. The van der Waals surface area contributed by atoms with Gasteiger partial charge < -0.3 is 4.52 Å². The molecule has 0 unspecified atom stereocenters. The molecule has 0 aliphatic carbocycles. The minimum atomic E-state index is -3.96. The molecule has 0 saturated carbocycles. The molecule has 0 spiro atoms. The summed E-state index contributed by atoms with van der Waals surface area (Å²) in [5.74, 6) is 0.425. The third kappa shape index (κ3) is 2.81. The number of aromatic nitrogens is 3. The van der Waals surface area contributed by atoms with Gasteiger partial charge in [0.25, 0.3) is 5.56 Å². The molecule has 0 aliphatic heterocycles. The first-order valence-corrected chi connectivity index (χ1v) is 8.02. The summed E-state index contributed by atoms with van der Waals surface area (Å²) in [5.41, 5.74) is -0.418. The van der Waals surface area contributed by atoms with E-state index in [0.29, 0.717) is 11.5 Å². The van der Waals surface area contributed by atoms with Crippen molar-refractivity contribution in [3.05, 3.63) is 56.6 Å². The average molecular weight is 336 g/mol. The Morgan fingerprint density at radius 3 is 2.65 bits per heavy atom. The second-order valence-corrected chi connectivity index (χ2v) is 6.57. The molecule has 2 heterocycles. The number of benzene rings is 1. The summed E-state index contributed by atoms with van der Waals surface area (Å²) in [6.07, 6.45) is 0. The zero-order valence-corrected chi connectivity index (χ0v) is 12.8. The van der Waals surface area contributed by atoms with Crippen LogP contribution in [0.5, 0.6) is 0 Å². The molecule has 0 amide bonds. The van der Waals surface area contributed by atoms with Gasteiger partial charge in [-0.1, -0.05) is 5.16 Å². The lowest BCUT2D eigenvalue weighted by Crippen LogP contribution is -2.30. The number of nitrogens with one attached hydrogen (secondary N) is 1. The minimum Gasteiger partial charge on any atom is -0.359 e. The molecule has 3 aromatic rings. The Labute approximate surface area is 129 Å². The molecule has 3 N–H and O–H groups in total. The fourth-order valence-corrected chi connectivity index (χ4v) is 2.79. The summed E-state index contributed by atoms with van der Waals surface area (Å²) in [6, 6.07) is 5.38. The number of hydrogen-bond donors (Lipinski definition) is 2. The Hall–Kier alpha value is -2.72. The van der Waals surface area contributed by atoms with Gasteiger partial charge in [-0.25, -0.2) is 18.4 Å². The van der Waals surface area contributed by atoms with Gasteiger partial charge >= 0.3 is 5.69 Å². The Kier molecular flexibility index (Phi) is 3.42. The van der Waals surface area contributed by atoms with E-state index in [0.717, 1.165) is 6.07 Å². The van der Waals surface area contributed by atoms with E-state index in [4.69, 9.17) is 9.66 Å². The highest BCUT2D eigenvalue weighted by Crippen LogP contribution is 2.15. The Morgan fingerprint density at radius 1 is 1.30 bits per heavy atom. The molecule has 9 nitrogen and oxygen atoms in total. The van der Waals surface area contributed by atoms with Gasteiger partial charge in [-0.3, -0.25) is 14.3 Å². The standard InChI is InChI=1S/C13H12N4O5S/c1-7-4-8(22-16-7)6-17-11-3-2-9(23(14,20)21)5-10(11)12(18)15-13(17)19/h2-5H,6H2,1H3,(H2,14,20,21)(H,15,18,19). The number of aromatic amines is 1. The molecule has 0 aliphatic rings. The first-order chi connectivity index (χ1) is 10.8. The van der Waals surface area contributed by atoms with E-state index in [1.54, 1.807) is 13.0 Å². The summed E-state index contributed by atoms with van der Waals surface area (Å²) in [7, 11) is -3.96. The van der Waals surface area contributed by atoms with Crippen LogP contribution in [0.25, 0.3) is 10.9 Å². The van der Waals surface area contributed by atoms with Crippen molar-refractivity contribution in [2.24, 2.45) is 5.14 Å². The molecule has 0 fully saturated rings. The van der Waals surface area contributed by atoms with Crippen molar-refractivity contribution in [3.63, 3.8) is 0 Å². The van der Waals surface area contributed by atoms with Crippen molar-refractivity contribution in [1.29, 1.82) is 0 Å². The number of nitrogens with zero attached hydrogens (tertiary/aromatic N) is 2. The number of hydrogen-bond acceptors (Lipinski definition) is 6. The van der Waals surface area contributed by atoms with Gasteiger partial charge in [0.1, 0.15) is 0 Å². The topological polar surface area (TPSA) is 141 Å². The van der Waals surface area contributed by atoms with Crippen LogP contribution < -0.4 is 16.4 Å². The average Bonchev–Trinajstić information content (AvgIpc) is 2.87. The molecule has 120 valence electrons. The molecule has 0 radical (unpaired) electrons. The van der Waals surface area contributed by atoms with Crippen LogP contribution in [0.4, 0.5) is 0 Å². The summed E-state index contributed by atoms with van der Waals surface area (Å²) in [5, 5.41) is 8.82. The maximum Gasteiger partial charge on any atom is 0.329 e. The quantitative estimate of drug-likeness (QED) is 0.671. The van der Waals surface area contributed by atoms with Crippen LogP contribution in [0.3, 0.4) is 0 Å². The Balaban J connectivity index is 2.26. The molecule has 23 heavy (non-hydrogen) atoms. The first kappa shape index (κ1) is 15.2. The zero-order valence-electron chi connectivity index (χ0n) is 11.9. The van der Waals surface area contributed by atoms with Crippen molar-refractivity contribution in [2.75, 3.05) is 0 Å². The summed E-state index contributed by atoms with van der Waals surface area (Å²) in [4.78, 5) is 25.9. The monoisotopic (exact) mass is 336 g/mol. The van der Waals surface area contributed by atoms with E-state index in [-0.39, 0.29) is 22.3 Å². The van der Waals surface area contributed by atoms with Gasteiger partial charge in [0.2, 0.25) is 10.0 Å². The van der Waals surface area contributed by atoms with Crippen LogP contribution in [-0.2, 0) is 16.6 Å². The SMILES string of the molecule is Cc1cc(Cn2c(=O)[nH]c(=O)c3cc(S(N)(=O)=O)ccc32)on1. The van der Waals surface area contributed by atoms with Crippen LogP contribution in [0.15, 0.2) is 43.3 Å². The molecule has 1 aromatic carbocycles. The van der Waals surface area contributed by atoms with Crippen molar-refractivity contribution >= 4 is 20.9 Å². The maximum absolute atomic E-state index is 12.0. The lowest BCUT2D eigenvalue weighted by molar-refractivity contribution is 0.372. The van der Waals surface area contributed by atoms with Crippen LogP contribution in [0.2, 0.25) is 0 Å². The first-order valence-electron chi connectivity index (χ1n) is 6.47. The molecule has 0 atom stereocenters. The van der Waals surface area contributed by atoms with E-state index in [1.807, 2.05) is 0 Å². The maximum atomic E-state index is 12.0. The van der Waals surface area contributed by atoms with E-state index >= 15 is 0 Å². The van der Waals surface area contributed by atoms with E-state index in [1.165, 1.54) is 16.7 Å². The zero-order chi connectivity index (χ0) is 16.8. The normalized spacial score (nSPS) is 11.9. The number of primary sulfonamides is 1. The number of fused-ring (bicyclic) bond motifs is 1. The number of aryl methyl sites for hydroxylation is 1. The van der Waals surface area contributed by atoms with E-state index in [9.17, 15) is 18.0 Å². The smallest absolute Gasteiger partial charge is 0.329 e. The lowest BCUT2D eigenvalue weighted by Gasteiger charge is -2.08. The second-order valence-electron chi connectivity index (χ2n) is 5.00.